The van der Waals surface area contributed by atoms with Crippen LogP contribution in [0.5, 0.6) is 0 Å². The fourth-order valence-corrected chi connectivity index (χ4v) is 1.76. The lowest BCUT2D eigenvalue weighted by atomic mass is 10.2. The molecule has 0 aliphatic heterocycles. The lowest BCUT2D eigenvalue weighted by molar-refractivity contribution is 0.0697. The Kier molecular flexibility index (Phi) is 2.96. The smallest absolute Gasteiger partial charge is 0.335 e. The third-order valence-electron chi connectivity index (χ3n) is 2.75. The van der Waals surface area contributed by atoms with Gasteiger partial charge in [-0.3, -0.25) is 0 Å². The predicted octanol–water partition coefficient (Wildman–Crippen LogP) is 2.47. The first kappa shape index (κ1) is 12.0. The van der Waals surface area contributed by atoms with E-state index in [0.717, 1.165) is 11.0 Å². The third-order valence-corrected chi connectivity index (χ3v) is 2.75. The van der Waals surface area contributed by atoms with E-state index in [0.29, 0.717) is 11.6 Å². The van der Waals surface area contributed by atoms with Crippen LogP contribution in [0.3, 0.4) is 0 Å². The van der Waals surface area contributed by atoms with Gasteiger partial charge in [-0.15, -0.1) is 10.2 Å². The van der Waals surface area contributed by atoms with Gasteiger partial charge in [-0.2, -0.15) is 0 Å². The van der Waals surface area contributed by atoms with Gasteiger partial charge in [0.25, 0.3) is 0 Å². The lowest BCUT2D eigenvalue weighted by Crippen LogP contribution is -2.00. The number of anilines is 2. The Bertz CT molecular complexity index is 771. The SMILES string of the molecule is O=C(O)c1ccc(Nc2nnc3ccccc3n2)cc1. The molecule has 0 unspecified atom stereocenters. The summed E-state index contributed by atoms with van der Waals surface area (Å²) < 4.78 is 0. The van der Waals surface area contributed by atoms with E-state index in [-0.39, 0.29) is 5.56 Å². The number of carboxylic acids is 1. The Morgan fingerprint density at radius 3 is 2.35 bits per heavy atom. The Hall–Kier alpha value is -3.02. The van der Waals surface area contributed by atoms with Crippen molar-refractivity contribution < 1.29 is 9.90 Å². The molecule has 0 radical (unpaired) electrons. The second-order valence-electron chi connectivity index (χ2n) is 4.13. The number of hydrogen-bond donors (Lipinski definition) is 2. The van der Waals surface area contributed by atoms with Crippen molar-refractivity contribution in [2.45, 2.75) is 0 Å². The van der Waals surface area contributed by atoms with Crippen molar-refractivity contribution in [1.29, 1.82) is 0 Å². The third kappa shape index (κ3) is 2.39. The van der Waals surface area contributed by atoms with E-state index in [2.05, 4.69) is 20.5 Å². The molecule has 0 bridgehead atoms. The van der Waals surface area contributed by atoms with Crippen molar-refractivity contribution >= 4 is 28.6 Å². The van der Waals surface area contributed by atoms with Gasteiger partial charge < -0.3 is 10.4 Å². The Balaban J connectivity index is 1.87. The summed E-state index contributed by atoms with van der Waals surface area (Å²) >= 11 is 0. The zero-order valence-corrected chi connectivity index (χ0v) is 10.3. The zero-order valence-electron chi connectivity index (χ0n) is 10.3. The number of aromatic carboxylic acids is 1. The van der Waals surface area contributed by atoms with Crippen LogP contribution in [0.2, 0.25) is 0 Å². The van der Waals surface area contributed by atoms with Crippen molar-refractivity contribution in [2.24, 2.45) is 0 Å². The summed E-state index contributed by atoms with van der Waals surface area (Å²) in [4.78, 5) is 15.1. The van der Waals surface area contributed by atoms with Gasteiger partial charge >= 0.3 is 5.97 Å². The molecule has 2 N–H and O–H groups in total. The number of fused-ring (bicyclic) bond motifs is 1. The second kappa shape index (κ2) is 4.93. The summed E-state index contributed by atoms with van der Waals surface area (Å²) in [7, 11) is 0. The molecular weight excluding hydrogens is 256 g/mol. The molecule has 6 heteroatoms. The number of carbonyl (C=O) groups is 1. The van der Waals surface area contributed by atoms with E-state index >= 15 is 0 Å². The van der Waals surface area contributed by atoms with Crippen LogP contribution >= 0.6 is 0 Å². The number of hydrogen-bond acceptors (Lipinski definition) is 5. The molecule has 1 heterocycles. The minimum absolute atomic E-state index is 0.230. The molecule has 3 aromatic rings. The fourth-order valence-electron chi connectivity index (χ4n) is 1.76. The molecule has 0 aliphatic rings. The standard InChI is InChI=1S/C14H10N4O2/c19-13(20)9-5-7-10(8-6-9)15-14-16-11-3-1-2-4-12(11)17-18-14/h1-8H,(H,19,20)(H,15,16,18). The molecule has 20 heavy (non-hydrogen) atoms. The van der Waals surface area contributed by atoms with Crippen LogP contribution in [-0.2, 0) is 0 Å². The summed E-state index contributed by atoms with van der Waals surface area (Å²) in [5.41, 5.74) is 2.40. The van der Waals surface area contributed by atoms with Crippen LogP contribution in [0.25, 0.3) is 11.0 Å². The average Bonchev–Trinajstić information content (AvgIpc) is 2.48. The lowest BCUT2D eigenvalue weighted by Gasteiger charge is -2.05. The fraction of sp³-hybridized carbons (Fsp3) is 0. The maximum atomic E-state index is 10.8. The van der Waals surface area contributed by atoms with Crippen LogP contribution in [0.15, 0.2) is 48.5 Å². The molecule has 0 fully saturated rings. The van der Waals surface area contributed by atoms with Crippen molar-refractivity contribution in [3.05, 3.63) is 54.1 Å². The molecule has 0 saturated heterocycles. The monoisotopic (exact) mass is 266 g/mol. The van der Waals surface area contributed by atoms with Crippen LogP contribution in [0.1, 0.15) is 10.4 Å². The summed E-state index contributed by atoms with van der Waals surface area (Å²) in [6.45, 7) is 0. The van der Waals surface area contributed by atoms with Crippen molar-refractivity contribution in [3.8, 4) is 0 Å². The molecule has 3 rings (SSSR count). The Morgan fingerprint density at radius 1 is 0.950 bits per heavy atom. The maximum absolute atomic E-state index is 10.8. The highest BCUT2D eigenvalue weighted by atomic mass is 16.4. The molecule has 98 valence electrons. The van der Waals surface area contributed by atoms with Gasteiger partial charge in [-0.1, -0.05) is 12.1 Å². The number of rotatable bonds is 3. The van der Waals surface area contributed by atoms with Crippen LogP contribution in [0.4, 0.5) is 11.6 Å². The number of benzene rings is 2. The van der Waals surface area contributed by atoms with Crippen LogP contribution < -0.4 is 5.32 Å². The Morgan fingerprint density at radius 2 is 1.65 bits per heavy atom. The quantitative estimate of drug-likeness (QED) is 0.757. The highest BCUT2D eigenvalue weighted by Crippen LogP contribution is 2.15. The summed E-state index contributed by atoms with van der Waals surface area (Å²) in [6, 6.07) is 13.8. The normalized spacial score (nSPS) is 10.4. The highest BCUT2D eigenvalue weighted by molar-refractivity contribution is 5.88. The number of aromatic nitrogens is 3. The van der Waals surface area contributed by atoms with Gasteiger partial charge in [0.15, 0.2) is 0 Å². The number of para-hydroxylation sites is 1. The van der Waals surface area contributed by atoms with E-state index in [1.54, 1.807) is 12.1 Å². The number of nitrogens with zero attached hydrogens (tertiary/aromatic N) is 3. The van der Waals surface area contributed by atoms with Crippen LogP contribution in [-0.4, -0.2) is 26.3 Å². The molecule has 0 atom stereocenters. The van der Waals surface area contributed by atoms with Gasteiger partial charge in [-0.25, -0.2) is 9.78 Å². The van der Waals surface area contributed by atoms with Gasteiger partial charge in [0.05, 0.1) is 11.1 Å². The molecule has 0 saturated carbocycles. The topological polar surface area (TPSA) is 88.0 Å². The van der Waals surface area contributed by atoms with Crippen molar-refractivity contribution in [3.63, 3.8) is 0 Å². The number of carboxylic acid groups (broad SMARTS) is 1. The summed E-state index contributed by atoms with van der Waals surface area (Å²) in [6.07, 6.45) is 0. The largest absolute Gasteiger partial charge is 0.478 e. The predicted molar refractivity (Wildman–Crippen MR) is 74.0 cm³/mol. The average molecular weight is 266 g/mol. The second-order valence-corrected chi connectivity index (χ2v) is 4.13. The molecule has 0 amide bonds. The van der Waals surface area contributed by atoms with Crippen molar-refractivity contribution in [1.82, 2.24) is 15.2 Å². The van der Waals surface area contributed by atoms with E-state index in [9.17, 15) is 4.79 Å². The van der Waals surface area contributed by atoms with Gasteiger partial charge in [0.1, 0.15) is 5.52 Å². The van der Waals surface area contributed by atoms with Gasteiger partial charge in [-0.05, 0) is 36.4 Å². The maximum Gasteiger partial charge on any atom is 0.335 e. The first-order valence-corrected chi connectivity index (χ1v) is 5.92. The minimum atomic E-state index is -0.958. The number of nitrogens with one attached hydrogen (secondary N) is 1. The zero-order chi connectivity index (χ0) is 13.9. The first-order valence-electron chi connectivity index (χ1n) is 5.92. The van der Waals surface area contributed by atoms with Crippen LogP contribution in [0, 0.1) is 0 Å². The van der Waals surface area contributed by atoms with Crippen molar-refractivity contribution in [2.75, 3.05) is 5.32 Å². The van der Waals surface area contributed by atoms with E-state index < -0.39 is 5.97 Å². The summed E-state index contributed by atoms with van der Waals surface area (Å²) in [5, 5.41) is 19.8. The molecular formula is C14H10N4O2. The molecule has 6 nitrogen and oxygen atoms in total. The summed E-state index contributed by atoms with van der Waals surface area (Å²) in [5.74, 6) is -0.591. The molecule has 2 aromatic carbocycles. The minimum Gasteiger partial charge on any atom is -0.478 e. The van der Waals surface area contributed by atoms with E-state index in [4.69, 9.17) is 5.11 Å². The van der Waals surface area contributed by atoms with E-state index in [1.165, 1.54) is 12.1 Å². The Labute approximate surface area is 114 Å². The first-order chi connectivity index (χ1) is 9.72. The van der Waals surface area contributed by atoms with E-state index in [1.807, 2.05) is 24.3 Å². The van der Waals surface area contributed by atoms with Gasteiger partial charge in [0.2, 0.25) is 5.95 Å². The highest BCUT2D eigenvalue weighted by Gasteiger charge is 2.04. The molecule has 1 aromatic heterocycles. The van der Waals surface area contributed by atoms with Gasteiger partial charge in [0, 0.05) is 5.69 Å². The molecule has 0 aliphatic carbocycles. The molecule has 0 spiro atoms.